The highest BCUT2D eigenvalue weighted by Gasteiger charge is 2.29. The third-order valence-corrected chi connectivity index (χ3v) is 1.91. The molecule has 0 aromatic heterocycles. The van der Waals surface area contributed by atoms with E-state index in [0.717, 1.165) is 0 Å². The van der Waals surface area contributed by atoms with Crippen LogP contribution in [0.3, 0.4) is 0 Å². The standard InChI is InChI=1S/C4H6O6.2C4H6O4/c5-1(3(7)8)2(6)4(9)10;2*5-3(6)1-2-4(7)8/h1-2,5-6H,(H,7,8)(H,9,10);2*1-2H2,(H,5,6)(H,7,8). The Morgan fingerprint density at radius 2 is 0.615 bits per heavy atom. The molecule has 0 aliphatic carbocycles. The van der Waals surface area contributed by atoms with Crippen LogP contribution < -0.4 is 0 Å². The third kappa shape index (κ3) is 23.0. The normalized spacial score (nSPS) is 11.3. The Balaban J connectivity index is -0.000000308. The van der Waals surface area contributed by atoms with Crippen molar-refractivity contribution in [1.82, 2.24) is 0 Å². The number of carbonyl (C=O) groups is 6. The first-order chi connectivity index (χ1) is 11.7. The van der Waals surface area contributed by atoms with E-state index in [1.165, 1.54) is 0 Å². The summed E-state index contributed by atoms with van der Waals surface area (Å²) in [6.45, 7) is 0. The molecule has 0 rings (SSSR count). The van der Waals surface area contributed by atoms with Gasteiger partial charge in [0.15, 0.2) is 12.2 Å². The third-order valence-electron chi connectivity index (χ3n) is 1.91. The predicted octanol–water partition coefficient (Wildman–Crippen LogP) is -2.25. The molecule has 14 heteroatoms. The van der Waals surface area contributed by atoms with Gasteiger partial charge in [-0.2, -0.15) is 0 Å². The first-order valence-electron chi connectivity index (χ1n) is 6.41. The lowest BCUT2D eigenvalue weighted by molar-refractivity contribution is -0.165. The Bertz CT molecular complexity index is 436. The van der Waals surface area contributed by atoms with E-state index in [9.17, 15) is 28.8 Å². The second-order valence-electron chi connectivity index (χ2n) is 4.14. The van der Waals surface area contributed by atoms with E-state index in [4.69, 9.17) is 40.9 Å². The van der Waals surface area contributed by atoms with E-state index < -0.39 is 48.0 Å². The molecule has 0 fully saturated rings. The van der Waals surface area contributed by atoms with Crippen molar-refractivity contribution < 1.29 is 69.6 Å². The zero-order chi connectivity index (χ0) is 21.4. The summed E-state index contributed by atoms with van der Waals surface area (Å²) in [5, 5.41) is 64.1. The second kappa shape index (κ2) is 15.3. The van der Waals surface area contributed by atoms with Crippen molar-refractivity contribution in [2.75, 3.05) is 0 Å². The fourth-order valence-electron chi connectivity index (χ4n) is 0.698. The fourth-order valence-corrected chi connectivity index (χ4v) is 0.698. The number of carboxylic acid groups (broad SMARTS) is 6. The molecule has 0 amide bonds. The summed E-state index contributed by atoms with van der Waals surface area (Å²) in [6.07, 6.45) is -5.72. The topological polar surface area (TPSA) is 264 Å². The van der Waals surface area contributed by atoms with Gasteiger partial charge in [0.1, 0.15) is 0 Å². The Hall–Kier alpha value is -3.26. The lowest BCUT2D eigenvalue weighted by Crippen LogP contribution is -2.39. The number of aliphatic hydroxyl groups excluding tert-OH is 2. The predicted molar refractivity (Wildman–Crippen MR) is 76.3 cm³/mol. The molecule has 26 heavy (non-hydrogen) atoms. The van der Waals surface area contributed by atoms with Gasteiger partial charge < -0.3 is 40.9 Å². The highest BCUT2D eigenvalue weighted by Crippen LogP contribution is 1.92. The maximum absolute atomic E-state index is 9.77. The molecule has 0 aromatic carbocycles. The Morgan fingerprint density at radius 3 is 0.692 bits per heavy atom. The lowest BCUT2D eigenvalue weighted by Gasteiger charge is -2.07. The lowest BCUT2D eigenvalue weighted by atomic mass is 10.2. The van der Waals surface area contributed by atoms with Crippen molar-refractivity contribution in [1.29, 1.82) is 0 Å². The molecule has 0 saturated heterocycles. The van der Waals surface area contributed by atoms with E-state index in [2.05, 4.69) is 0 Å². The van der Waals surface area contributed by atoms with Crippen LogP contribution in [0.5, 0.6) is 0 Å². The molecule has 2 unspecified atom stereocenters. The summed E-state index contributed by atoms with van der Waals surface area (Å²) in [4.78, 5) is 58.1. The maximum atomic E-state index is 9.77. The summed E-state index contributed by atoms with van der Waals surface area (Å²) in [5.41, 5.74) is 0. The molecule has 0 spiro atoms. The van der Waals surface area contributed by atoms with E-state index >= 15 is 0 Å². The van der Waals surface area contributed by atoms with Crippen LogP contribution >= 0.6 is 0 Å². The SMILES string of the molecule is O=C(O)C(O)C(O)C(=O)O.O=C(O)CCC(=O)O.O=C(O)CCC(=O)O. The summed E-state index contributed by atoms with van der Waals surface area (Å²) < 4.78 is 0. The van der Waals surface area contributed by atoms with Gasteiger partial charge in [0.05, 0.1) is 25.7 Å². The van der Waals surface area contributed by atoms with Crippen molar-refractivity contribution >= 4 is 35.8 Å². The highest BCUT2D eigenvalue weighted by molar-refractivity contribution is 5.83. The minimum atomic E-state index is -2.27. The molecule has 0 bridgehead atoms. The Morgan fingerprint density at radius 1 is 0.462 bits per heavy atom. The van der Waals surface area contributed by atoms with Crippen molar-refractivity contribution in [3.63, 3.8) is 0 Å². The number of carboxylic acids is 6. The molecule has 150 valence electrons. The molecular formula is C12H18O14. The number of aliphatic carboxylic acids is 6. The number of hydrogen-bond acceptors (Lipinski definition) is 8. The van der Waals surface area contributed by atoms with Gasteiger partial charge in [-0.1, -0.05) is 0 Å². The van der Waals surface area contributed by atoms with Gasteiger partial charge in [-0.05, 0) is 0 Å². The van der Waals surface area contributed by atoms with Crippen LogP contribution in [0.15, 0.2) is 0 Å². The average molecular weight is 386 g/mol. The number of hydrogen-bond donors (Lipinski definition) is 8. The van der Waals surface area contributed by atoms with Crippen LogP contribution in [0.4, 0.5) is 0 Å². The molecule has 8 N–H and O–H groups in total. The number of rotatable bonds is 9. The molecule has 0 aliphatic rings. The molecule has 0 aromatic rings. The van der Waals surface area contributed by atoms with Crippen LogP contribution in [0, 0.1) is 0 Å². The van der Waals surface area contributed by atoms with Crippen molar-refractivity contribution in [2.45, 2.75) is 37.9 Å². The molecular weight excluding hydrogens is 368 g/mol. The van der Waals surface area contributed by atoms with Crippen LogP contribution in [0.2, 0.25) is 0 Å². The largest absolute Gasteiger partial charge is 0.481 e. The zero-order valence-electron chi connectivity index (χ0n) is 13.0. The summed E-state index contributed by atoms with van der Waals surface area (Å²) in [6, 6.07) is 0. The fraction of sp³-hybridized carbons (Fsp3) is 0.500. The van der Waals surface area contributed by atoms with Gasteiger partial charge in [-0.3, -0.25) is 19.2 Å². The molecule has 0 saturated carbocycles. The van der Waals surface area contributed by atoms with E-state index in [0.29, 0.717) is 0 Å². The van der Waals surface area contributed by atoms with Crippen molar-refractivity contribution in [3.05, 3.63) is 0 Å². The van der Waals surface area contributed by atoms with Gasteiger partial charge in [-0.25, -0.2) is 9.59 Å². The molecule has 0 heterocycles. The van der Waals surface area contributed by atoms with Crippen LogP contribution in [-0.4, -0.2) is 88.9 Å². The van der Waals surface area contributed by atoms with Gasteiger partial charge >= 0.3 is 35.8 Å². The second-order valence-corrected chi connectivity index (χ2v) is 4.14. The van der Waals surface area contributed by atoms with E-state index in [-0.39, 0.29) is 25.7 Å². The Kier molecular flexibility index (Phi) is 16.2. The monoisotopic (exact) mass is 386 g/mol. The minimum Gasteiger partial charge on any atom is -0.481 e. The number of aliphatic hydroxyl groups is 2. The van der Waals surface area contributed by atoms with Gasteiger partial charge in [0.2, 0.25) is 0 Å². The van der Waals surface area contributed by atoms with Gasteiger partial charge in [0, 0.05) is 0 Å². The molecule has 0 aliphatic heterocycles. The molecule has 14 nitrogen and oxygen atoms in total. The zero-order valence-corrected chi connectivity index (χ0v) is 13.0. The Labute approximate surface area is 144 Å². The van der Waals surface area contributed by atoms with Crippen LogP contribution in [-0.2, 0) is 28.8 Å². The van der Waals surface area contributed by atoms with Crippen molar-refractivity contribution in [3.8, 4) is 0 Å². The molecule has 0 radical (unpaired) electrons. The average Bonchev–Trinajstić information content (AvgIpc) is 2.50. The quantitative estimate of drug-likeness (QED) is 0.208. The first-order valence-corrected chi connectivity index (χ1v) is 6.41. The van der Waals surface area contributed by atoms with Crippen molar-refractivity contribution in [2.24, 2.45) is 0 Å². The van der Waals surface area contributed by atoms with Crippen LogP contribution in [0.1, 0.15) is 25.7 Å². The van der Waals surface area contributed by atoms with E-state index in [1.807, 2.05) is 0 Å². The molecule has 2 atom stereocenters. The summed E-state index contributed by atoms with van der Waals surface area (Å²) in [5.74, 6) is -7.84. The van der Waals surface area contributed by atoms with Crippen LogP contribution in [0.25, 0.3) is 0 Å². The minimum absolute atomic E-state index is 0.296. The first kappa shape index (κ1) is 27.6. The summed E-state index contributed by atoms with van der Waals surface area (Å²) in [7, 11) is 0. The van der Waals surface area contributed by atoms with E-state index in [1.54, 1.807) is 0 Å². The summed E-state index contributed by atoms with van der Waals surface area (Å²) >= 11 is 0. The van der Waals surface area contributed by atoms with Gasteiger partial charge in [0.25, 0.3) is 0 Å². The van der Waals surface area contributed by atoms with Gasteiger partial charge in [-0.15, -0.1) is 0 Å². The highest BCUT2D eigenvalue weighted by atomic mass is 16.4. The smallest absolute Gasteiger partial charge is 0.335 e. The maximum Gasteiger partial charge on any atom is 0.335 e.